The zero-order valence-corrected chi connectivity index (χ0v) is 15.7. The highest BCUT2D eigenvalue weighted by molar-refractivity contribution is 5.83. The van der Waals surface area contributed by atoms with Crippen LogP contribution in [0.5, 0.6) is 17.2 Å². The van der Waals surface area contributed by atoms with Crippen LogP contribution in [0, 0.1) is 0 Å². The molecule has 0 radical (unpaired) electrons. The summed E-state index contributed by atoms with van der Waals surface area (Å²) in [6.07, 6.45) is -4.65. The van der Waals surface area contributed by atoms with Gasteiger partial charge >= 0.3 is 12.1 Å². The SMILES string of the molecule is COc1ccc2c(c1)-c1cc(OC)c(OC)cc1CN(C(=O)C(F)(F)F)CC2. The quantitative estimate of drug-likeness (QED) is 0.793. The Balaban J connectivity index is 2.19. The summed E-state index contributed by atoms with van der Waals surface area (Å²) in [6.45, 7) is -0.240. The minimum absolute atomic E-state index is 0.0501. The van der Waals surface area contributed by atoms with Gasteiger partial charge in [-0.25, -0.2) is 0 Å². The Kier molecular flexibility index (Phi) is 5.40. The molecule has 0 aromatic heterocycles. The van der Waals surface area contributed by atoms with Gasteiger partial charge in [-0.2, -0.15) is 13.2 Å². The molecule has 5 nitrogen and oxygen atoms in total. The predicted molar refractivity (Wildman–Crippen MR) is 96.7 cm³/mol. The molecule has 150 valence electrons. The van der Waals surface area contributed by atoms with Gasteiger partial charge in [-0.1, -0.05) is 6.07 Å². The summed E-state index contributed by atoms with van der Waals surface area (Å²) in [6, 6.07) is 8.71. The molecule has 1 aliphatic rings. The number of fused-ring (bicyclic) bond motifs is 3. The standard InChI is InChI=1S/C20H20F3NO4/c1-26-14-5-4-12-6-7-24(19(25)20(21,22)23)11-13-8-17(27-2)18(28-3)10-16(13)15(12)9-14/h4-5,8-10H,6-7,11H2,1-3H3. The van der Waals surface area contributed by atoms with E-state index in [-0.39, 0.29) is 19.5 Å². The molecule has 0 unspecified atom stereocenters. The van der Waals surface area contributed by atoms with Crippen molar-refractivity contribution in [2.24, 2.45) is 0 Å². The third-order valence-electron chi connectivity index (χ3n) is 4.76. The molecule has 0 aliphatic carbocycles. The molecule has 3 rings (SSSR count). The minimum Gasteiger partial charge on any atom is -0.497 e. The van der Waals surface area contributed by atoms with Crippen molar-refractivity contribution in [1.82, 2.24) is 4.90 Å². The molecule has 1 amide bonds. The molecular formula is C20H20F3NO4. The molecule has 2 aromatic rings. The highest BCUT2D eigenvalue weighted by atomic mass is 19.4. The van der Waals surface area contributed by atoms with E-state index in [2.05, 4.69) is 0 Å². The number of hydrogen-bond acceptors (Lipinski definition) is 4. The van der Waals surface area contributed by atoms with E-state index in [0.29, 0.717) is 28.4 Å². The highest BCUT2D eigenvalue weighted by Crippen LogP contribution is 2.40. The van der Waals surface area contributed by atoms with Crippen molar-refractivity contribution in [1.29, 1.82) is 0 Å². The van der Waals surface area contributed by atoms with E-state index in [1.54, 1.807) is 31.4 Å². The van der Waals surface area contributed by atoms with Crippen LogP contribution in [0.4, 0.5) is 13.2 Å². The number of methoxy groups -OCH3 is 3. The van der Waals surface area contributed by atoms with Crippen molar-refractivity contribution in [3.05, 3.63) is 41.5 Å². The molecule has 2 aromatic carbocycles. The van der Waals surface area contributed by atoms with E-state index in [9.17, 15) is 18.0 Å². The zero-order valence-electron chi connectivity index (χ0n) is 15.7. The molecule has 0 bridgehead atoms. The van der Waals surface area contributed by atoms with Gasteiger partial charge in [0, 0.05) is 13.1 Å². The predicted octanol–water partition coefficient (Wildman–Crippen LogP) is 3.83. The summed E-state index contributed by atoms with van der Waals surface area (Å²) < 4.78 is 55.1. The number of hydrogen-bond donors (Lipinski definition) is 0. The fraction of sp³-hybridized carbons (Fsp3) is 0.350. The Morgan fingerprint density at radius 2 is 1.57 bits per heavy atom. The van der Waals surface area contributed by atoms with Crippen LogP contribution in [-0.4, -0.2) is 44.9 Å². The molecule has 1 heterocycles. The number of alkyl halides is 3. The maximum atomic E-state index is 13.1. The lowest BCUT2D eigenvalue weighted by molar-refractivity contribution is -0.186. The van der Waals surface area contributed by atoms with Crippen LogP contribution in [0.15, 0.2) is 30.3 Å². The van der Waals surface area contributed by atoms with Gasteiger partial charge in [-0.15, -0.1) is 0 Å². The molecule has 0 saturated heterocycles. The number of halogens is 3. The van der Waals surface area contributed by atoms with E-state index in [1.807, 2.05) is 6.07 Å². The van der Waals surface area contributed by atoms with E-state index >= 15 is 0 Å². The number of carbonyl (C=O) groups is 1. The van der Waals surface area contributed by atoms with Crippen LogP contribution >= 0.6 is 0 Å². The molecule has 0 saturated carbocycles. The smallest absolute Gasteiger partial charge is 0.471 e. The van der Waals surface area contributed by atoms with Crippen molar-refractivity contribution in [2.45, 2.75) is 19.1 Å². The second-order valence-electron chi connectivity index (χ2n) is 6.36. The molecule has 0 fully saturated rings. The van der Waals surface area contributed by atoms with Gasteiger partial charge in [0.15, 0.2) is 11.5 Å². The maximum absolute atomic E-state index is 13.1. The van der Waals surface area contributed by atoms with Gasteiger partial charge in [-0.05, 0) is 52.9 Å². The number of rotatable bonds is 3. The molecule has 8 heteroatoms. The summed E-state index contributed by atoms with van der Waals surface area (Å²) in [4.78, 5) is 12.7. The first kappa shape index (κ1) is 19.9. The second kappa shape index (κ2) is 7.61. The first-order valence-electron chi connectivity index (χ1n) is 8.56. The fourth-order valence-electron chi connectivity index (χ4n) is 3.35. The third kappa shape index (κ3) is 3.72. The Morgan fingerprint density at radius 1 is 0.929 bits per heavy atom. The molecule has 0 spiro atoms. The molecule has 28 heavy (non-hydrogen) atoms. The number of ether oxygens (including phenoxy) is 3. The highest BCUT2D eigenvalue weighted by Gasteiger charge is 2.42. The lowest BCUT2D eigenvalue weighted by Crippen LogP contribution is -2.42. The van der Waals surface area contributed by atoms with E-state index in [1.165, 1.54) is 14.2 Å². The Labute approximate surface area is 160 Å². The monoisotopic (exact) mass is 395 g/mol. The van der Waals surface area contributed by atoms with E-state index < -0.39 is 12.1 Å². The first-order chi connectivity index (χ1) is 13.3. The average Bonchev–Trinajstić information content (AvgIpc) is 2.67. The molecule has 0 atom stereocenters. The van der Waals surface area contributed by atoms with Crippen molar-refractivity contribution >= 4 is 5.91 Å². The van der Waals surface area contributed by atoms with Gasteiger partial charge in [0.1, 0.15) is 5.75 Å². The summed E-state index contributed by atoms with van der Waals surface area (Å²) in [5, 5.41) is 0. The topological polar surface area (TPSA) is 48.0 Å². The van der Waals surface area contributed by atoms with Crippen molar-refractivity contribution in [3.63, 3.8) is 0 Å². The zero-order chi connectivity index (χ0) is 20.5. The van der Waals surface area contributed by atoms with E-state index in [0.717, 1.165) is 16.0 Å². The summed E-state index contributed by atoms with van der Waals surface area (Å²) in [5.74, 6) is -0.400. The maximum Gasteiger partial charge on any atom is 0.471 e. The van der Waals surface area contributed by atoms with E-state index in [4.69, 9.17) is 14.2 Å². The number of amides is 1. The van der Waals surface area contributed by atoms with Gasteiger partial charge in [0.2, 0.25) is 0 Å². The Hall–Kier alpha value is -2.90. The number of benzene rings is 2. The number of carbonyl (C=O) groups excluding carboxylic acids is 1. The fourth-order valence-corrected chi connectivity index (χ4v) is 3.35. The lowest BCUT2D eigenvalue weighted by atomic mass is 9.91. The van der Waals surface area contributed by atoms with Crippen molar-refractivity contribution in [2.75, 3.05) is 27.9 Å². The molecule has 1 aliphatic heterocycles. The van der Waals surface area contributed by atoms with Crippen LogP contribution in [-0.2, 0) is 17.8 Å². The van der Waals surface area contributed by atoms with Gasteiger partial charge < -0.3 is 19.1 Å². The van der Waals surface area contributed by atoms with Crippen molar-refractivity contribution in [3.8, 4) is 28.4 Å². The van der Waals surface area contributed by atoms with Gasteiger partial charge in [-0.3, -0.25) is 4.79 Å². The van der Waals surface area contributed by atoms with Crippen LogP contribution in [0.1, 0.15) is 11.1 Å². The summed E-state index contributed by atoms with van der Waals surface area (Å²) in [7, 11) is 4.48. The summed E-state index contributed by atoms with van der Waals surface area (Å²) in [5.41, 5.74) is 2.85. The number of nitrogens with zero attached hydrogens (tertiary/aromatic N) is 1. The summed E-state index contributed by atoms with van der Waals surface area (Å²) >= 11 is 0. The van der Waals surface area contributed by atoms with Crippen LogP contribution in [0.25, 0.3) is 11.1 Å². The third-order valence-corrected chi connectivity index (χ3v) is 4.76. The molecule has 0 N–H and O–H groups in total. The lowest BCUT2D eigenvalue weighted by Gasteiger charge is -2.29. The Bertz CT molecular complexity index is 896. The minimum atomic E-state index is -4.93. The van der Waals surface area contributed by atoms with Crippen LogP contribution in [0.3, 0.4) is 0 Å². The first-order valence-corrected chi connectivity index (χ1v) is 8.56. The largest absolute Gasteiger partial charge is 0.497 e. The van der Waals surface area contributed by atoms with Gasteiger partial charge in [0.05, 0.1) is 21.3 Å². The Morgan fingerprint density at radius 3 is 2.18 bits per heavy atom. The average molecular weight is 395 g/mol. The van der Waals surface area contributed by atoms with Gasteiger partial charge in [0.25, 0.3) is 0 Å². The van der Waals surface area contributed by atoms with Crippen LogP contribution in [0.2, 0.25) is 0 Å². The normalized spacial score (nSPS) is 13.7. The van der Waals surface area contributed by atoms with Crippen LogP contribution < -0.4 is 14.2 Å². The van der Waals surface area contributed by atoms with Crippen molar-refractivity contribution < 1.29 is 32.2 Å². The molecular weight excluding hydrogens is 375 g/mol. The second-order valence-corrected chi connectivity index (χ2v) is 6.36.